The third kappa shape index (κ3) is 7.43. The molecule has 0 saturated heterocycles. The van der Waals surface area contributed by atoms with Gasteiger partial charge in [0.25, 0.3) is 0 Å². The number of aliphatic carboxylic acids is 1. The van der Waals surface area contributed by atoms with Crippen LogP contribution < -0.4 is 5.32 Å². The summed E-state index contributed by atoms with van der Waals surface area (Å²) in [5, 5.41) is 28.1. The maximum absolute atomic E-state index is 10.6. The summed E-state index contributed by atoms with van der Waals surface area (Å²) in [6.45, 7) is -0.610. The number of nitrogens with one attached hydrogen (secondary N) is 1. The molecule has 0 saturated carbocycles. The van der Waals surface area contributed by atoms with E-state index in [2.05, 4.69) is 5.32 Å². The van der Waals surface area contributed by atoms with Crippen LogP contribution >= 0.6 is 7.60 Å². The number of hydrogen-bond donors (Lipinski definition) is 6. The van der Waals surface area contributed by atoms with E-state index in [1.165, 1.54) is 0 Å². The molecule has 0 rings (SSSR count). The predicted molar refractivity (Wildman–Crippen MR) is 49.2 cm³/mol. The van der Waals surface area contributed by atoms with E-state index in [1.54, 1.807) is 0 Å². The van der Waals surface area contributed by atoms with Gasteiger partial charge in [-0.2, -0.15) is 0 Å². The number of hydrogen-bond acceptors (Lipinski definition) is 5. The number of aliphatic hydroxyl groups excluding tert-OH is 2. The van der Waals surface area contributed by atoms with Gasteiger partial charge in [-0.15, -0.1) is 0 Å². The van der Waals surface area contributed by atoms with Crippen LogP contribution in [0.4, 0.5) is 0 Å². The largest absolute Gasteiger partial charge is 0.480 e. The zero-order valence-corrected chi connectivity index (χ0v) is 8.67. The fourth-order valence-electron chi connectivity index (χ4n) is 0.847. The molecule has 9 heteroatoms. The molecule has 0 amide bonds. The van der Waals surface area contributed by atoms with Crippen LogP contribution in [0.1, 0.15) is 6.42 Å². The van der Waals surface area contributed by atoms with Crippen molar-refractivity contribution in [2.75, 3.05) is 12.9 Å². The number of aliphatic hydroxyl groups is 2. The van der Waals surface area contributed by atoms with Crippen molar-refractivity contribution in [3.8, 4) is 0 Å². The Balaban J connectivity index is 4.17. The van der Waals surface area contributed by atoms with E-state index < -0.39 is 38.6 Å². The van der Waals surface area contributed by atoms with Gasteiger partial charge in [-0.05, 0) is 0 Å². The smallest absolute Gasteiger partial charge is 0.339 e. The van der Waals surface area contributed by atoms with Crippen LogP contribution in [0, 0.1) is 0 Å². The van der Waals surface area contributed by atoms with Crippen molar-refractivity contribution in [2.24, 2.45) is 0 Å². The third-order valence-corrected chi connectivity index (χ3v) is 2.15. The Labute approximate surface area is 85.7 Å². The van der Waals surface area contributed by atoms with Crippen molar-refractivity contribution < 1.29 is 34.5 Å². The van der Waals surface area contributed by atoms with Crippen LogP contribution in [0.3, 0.4) is 0 Å². The molecule has 0 aliphatic heterocycles. The minimum Gasteiger partial charge on any atom is -0.480 e. The highest BCUT2D eigenvalue weighted by Crippen LogP contribution is 2.32. The van der Waals surface area contributed by atoms with Gasteiger partial charge in [-0.25, -0.2) is 0 Å². The van der Waals surface area contributed by atoms with Gasteiger partial charge in [0.2, 0.25) is 0 Å². The Kier molecular flexibility index (Phi) is 5.96. The fraction of sp³-hybridized carbons (Fsp3) is 0.833. The lowest BCUT2D eigenvalue weighted by atomic mass is 10.1. The van der Waals surface area contributed by atoms with E-state index in [0.717, 1.165) is 0 Å². The Morgan fingerprint density at radius 1 is 1.40 bits per heavy atom. The number of carbonyl (C=O) groups is 1. The van der Waals surface area contributed by atoms with Gasteiger partial charge in [-0.3, -0.25) is 14.7 Å². The Hall–Kier alpha value is -0.500. The molecule has 0 heterocycles. The third-order valence-electron chi connectivity index (χ3n) is 1.56. The molecular weight excluding hydrogens is 229 g/mol. The summed E-state index contributed by atoms with van der Waals surface area (Å²) in [6, 6.07) is -1.31. The molecule has 0 aliphatic carbocycles. The van der Waals surface area contributed by atoms with Crippen molar-refractivity contribution >= 4 is 13.6 Å². The molecule has 6 N–H and O–H groups in total. The van der Waals surface area contributed by atoms with Gasteiger partial charge in [0.05, 0.1) is 19.0 Å². The molecule has 0 bridgehead atoms. The minimum absolute atomic E-state index is 0.328. The molecule has 0 aromatic carbocycles. The topological polar surface area (TPSA) is 147 Å². The molecular formula is C6H14NO7P. The van der Waals surface area contributed by atoms with Crippen molar-refractivity contribution in [1.29, 1.82) is 0 Å². The van der Waals surface area contributed by atoms with E-state index in [0.29, 0.717) is 0 Å². The standard InChI is InChI=1S/C6H14NO7P/c8-2-4(9)1-5(6(10)11)7-3-15(12,13)14/h4-5,7-9H,1-3H2,(H,10,11)(H2,12,13,14). The van der Waals surface area contributed by atoms with Crippen LogP contribution in [0.5, 0.6) is 0 Å². The van der Waals surface area contributed by atoms with Crippen LogP contribution in [0.25, 0.3) is 0 Å². The van der Waals surface area contributed by atoms with Crippen molar-refractivity contribution in [3.05, 3.63) is 0 Å². The molecule has 90 valence electrons. The molecule has 0 radical (unpaired) electrons. The molecule has 0 fully saturated rings. The number of carboxylic acid groups (broad SMARTS) is 1. The summed E-state index contributed by atoms with van der Waals surface area (Å²) in [4.78, 5) is 27.5. The van der Waals surface area contributed by atoms with Gasteiger partial charge in [0.15, 0.2) is 0 Å². The zero-order valence-electron chi connectivity index (χ0n) is 7.78. The fourth-order valence-corrected chi connectivity index (χ4v) is 1.31. The summed E-state index contributed by atoms with van der Waals surface area (Å²) in [5.74, 6) is -1.35. The summed E-state index contributed by atoms with van der Waals surface area (Å²) in [5.41, 5.74) is 0. The van der Waals surface area contributed by atoms with Crippen LogP contribution in [-0.2, 0) is 9.36 Å². The monoisotopic (exact) mass is 243 g/mol. The number of rotatable bonds is 7. The van der Waals surface area contributed by atoms with Crippen molar-refractivity contribution in [3.63, 3.8) is 0 Å². The van der Waals surface area contributed by atoms with Gasteiger partial charge in [0.1, 0.15) is 6.04 Å². The summed E-state index contributed by atoms with van der Waals surface area (Å²) < 4.78 is 10.4. The first-order valence-electron chi connectivity index (χ1n) is 4.06. The van der Waals surface area contributed by atoms with E-state index in [4.69, 9.17) is 25.1 Å². The Morgan fingerprint density at radius 3 is 2.27 bits per heavy atom. The highest BCUT2D eigenvalue weighted by molar-refractivity contribution is 7.51. The van der Waals surface area contributed by atoms with Crippen molar-refractivity contribution in [1.82, 2.24) is 5.32 Å². The maximum Gasteiger partial charge on any atom is 0.339 e. The molecule has 2 unspecified atom stereocenters. The Bertz CT molecular complexity index is 252. The first-order valence-corrected chi connectivity index (χ1v) is 5.85. The van der Waals surface area contributed by atoms with E-state index >= 15 is 0 Å². The molecule has 8 nitrogen and oxygen atoms in total. The van der Waals surface area contributed by atoms with Crippen LogP contribution in [0.15, 0.2) is 0 Å². The van der Waals surface area contributed by atoms with E-state index in [1.807, 2.05) is 0 Å². The quantitative estimate of drug-likeness (QED) is 0.279. The summed E-state index contributed by atoms with van der Waals surface area (Å²) in [7, 11) is -4.33. The molecule has 0 aliphatic rings. The second-order valence-electron chi connectivity index (χ2n) is 2.99. The lowest BCUT2D eigenvalue weighted by molar-refractivity contribution is -0.140. The normalized spacial score (nSPS) is 16.0. The van der Waals surface area contributed by atoms with Gasteiger partial charge >= 0.3 is 13.6 Å². The summed E-state index contributed by atoms with van der Waals surface area (Å²) in [6.07, 6.45) is -2.36. The Morgan fingerprint density at radius 2 is 1.93 bits per heavy atom. The van der Waals surface area contributed by atoms with Gasteiger partial charge in [0, 0.05) is 6.42 Å². The first-order chi connectivity index (χ1) is 6.76. The lowest BCUT2D eigenvalue weighted by Crippen LogP contribution is -2.40. The predicted octanol–water partition coefficient (Wildman–Crippen LogP) is -2.09. The number of carboxylic acids is 1. The molecule has 0 aromatic heterocycles. The highest BCUT2D eigenvalue weighted by atomic mass is 31.2. The average molecular weight is 243 g/mol. The molecule has 15 heavy (non-hydrogen) atoms. The zero-order chi connectivity index (χ0) is 12.1. The molecule has 0 aromatic rings. The second kappa shape index (κ2) is 6.16. The highest BCUT2D eigenvalue weighted by Gasteiger charge is 2.23. The molecule has 0 spiro atoms. The molecule has 2 atom stereocenters. The average Bonchev–Trinajstić information content (AvgIpc) is 2.09. The second-order valence-corrected chi connectivity index (χ2v) is 4.64. The van der Waals surface area contributed by atoms with E-state index in [-0.39, 0.29) is 6.42 Å². The maximum atomic E-state index is 10.6. The van der Waals surface area contributed by atoms with Crippen LogP contribution in [-0.4, -0.2) is 56.1 Å². The minimum atomic E-state index is -4.33. The van der Waals surface area contributed by atoms with Gasteiger partial charge in [-0.1, -0.05) is 0 Å². The van der Waals surface area contributed by atoms with Gasteiger partial charge < -0.3 is 25.1 Å². The first kappa shape index (κ1) is 14.5. The lowest BCUT2D eigenvalue weighted by Gasteiger charge is -2.17. The SMILES string of the molecule is O=C(O)C(CC(O)CO)NCP(=O)(O)O. The van der Waals surface area contributed by atoms with Crippen molar-refractivity contribution in [2.45, 2.75) is 18.6 Å². The van der Waals surface area contributed by atoms with E-state index in [9.17, 15) is 9.36 Å². The van der Waals surface area contributed by atoms with Crippen LogP contribution in [0.2, 0.25) is 0 Å². The summed E-state index contributed by atoms with van der Waals surface area (Å²) >= 11 is 0.